The van der Waals surface area contributed by atoms with Crippen molar-refractivity contribution in [3.8, 4) is 0 Å². The molecule has 0 aromatic rings. The van der Waals surface area contributed by atoms with Gasteiger partial charge < -0.3 is 4.74 Å². The minimum absolute atomic E-state index is 0.0877. The van der Waals surface area contributed by atoms with E-state index in [1.807, 2.05) is 0 Å². The normalized spacial score (nSPS) is 11.9. The summed E-state index contributed by atoms with van der Waals surface area (Å²) in [5, 5.41) is 0. The fourth-order valence-corrected chi connectivity index (χ4v) is 1.95. The molecule has 0 rings (SSSR count). The van der Waals surface area contributed by atoms with Gasteiger partial charge in [0.05, 0.1) is 5.75 Å². The van der Waals surface area contributed by atoms with Crippen molar-refractivity contribution in [1.82, 2.24) is 0 Å². The van der Waals surface area contributed by atoms with E-state index in [4.69, 9.17) is 15.4 Å². The lowest BCUT2D eigenvalue weighted by atomic mass is 10.2. The highest BCUT2D eigenvalue weighted by Crippen LogP contribution is 2.05. The first-order valence-corrected chi connectivity index (χ1v) is 7.54. The quantitative estimate of drug-likeness (QED) is 0.461. The van der Waals surface area contributed by atoms with Gasteiger partial charge in [0.25, 0.3) is 0 Å². The first-order chi connectivity index (χ1) is 6.56. The van der Waals surface area contributed by atoms with Crippen molar-refractivity contribution < 1.29 is 13.2 Å². The third-order valence-corrected chi connectivity index (χ3v) is 3.01. The maximum Gasteiger partial charge on any atom is 0.232 e. The number of hydrogen-bond donors (Lipinski definition) is 0. The average Bonchev–Trinajstić information content (AvgIpc) is 2.08. The van der Waals surface area contributed by atoms with Gasteiger partial charge in [-0.1, -0.05) is 19.8 Å². The molecular weight excluding hydrogens is 224 g/mol. The van der Waals surface area contributed by atoms with E-state index in [-0.39, 0.29) is 5.75 Å². The number of ether oxygens (including phenoxy) is 1. The summed E-state index contributed by atoms with van der Waals surface area (Å²) in [7, 11) is 1.78. The average molecular weight is 243 g/mol. The van der Waals surface area contributed by atoms with E-state index in [0.717, 1.165) is 38.9 Å². The molecule has 0 aliphatic heterocycles. The molecule has 0 aliphatic carbocycles. The van der Waals surface area contributed by atoms with Gasteiger partial charge in [0.15, 0.2) is 0 Å². The Balaban J connectivity index is 3.07. The number of unbranched alkanes of at least 4 members (excludes halogenated alkanes) is 3. The predicted molar refractivity (Wildman–Crippen MR) is 59.2 cm³/mol. The molecule has 0 N–H and O–H groups in total. The Labute approximate surface area is 91.2 Å². The van der Waals surface area contributed by atoms with E-state index in [2.05, 4.69) is 6.92 Å². The minimum atomic E-state index is -3.28. The highest BCUT2D eigenvalue weighted by Gasteiger charge is 2.03. The summed E-state index contributed by atoms with van der Waals surface area (Å²) in [5.41, 5.74) is 0. The van der Waals surface area contributed by atoms with Crippen LogP contribution in [-0.2, 0) is 13.8 Å². The summed E-state index contributed by atoms with van der Waals surface area (Å²) in [4.78, 5) is 0. The highest BCUT2D eigenvalue weighted by molar-refractivity contribution is 8.13. The maximum atomic E-state index is 10.5. The molecule has 3 nitrogen and oxygen atoms in total. The Bertz CT molecular complexity index is 214. The smallest absolute Gasteiger partial charge is 0.232 e. The molecule has 0 unspecified atom stereocenters. The van der Waals surface area contributed by atoms with E-state index >= 15 is 0 Å². The van der Waals surface area contributed by atoms with E-state index in [0.29, 0.717) is 6.42 Å². The van der Waals surface area contributed by atoms with Crippen LogP contribution in [0.15, 0.2) is 0 Å². The second kappa shape index (κ2) is 8.50. The highest BCUT2D eigenvalue weighted by atomic mass is 35.7. The lowest BCUT2D eigenvalue weighted by molar-refractivity contribution is 0.130. The number of rotatable bonds is 9. The summed E-state index contributed by atoms with van der Waals surface area (Å²) >= 11 is 0. The monoisotopic (exact) mass is 242 g/mol. The summed E-state index contributed by atoms with van der Waals surface area (Å²) in [6, 6.07) is 0. The van der Waals surface area contributed by atoms with Crippen LogP contribution in [0.1, 0.15) is 39.0 Å². The molecule has 0 aromatic carbocycles. The second-order valence-corrected chi connectivity index (χ2v) is 6.17. The Morgan fingerprint density at radius 3 is 2.29 bits per heavy atom. The van der Waals surface area contributed by atoms with Crippen LogP contribution in [0.5, 0.6) is 0 Å². The molecule has 0 aromatic heterocycles. The predicted octanol–water partition coefficient (Wildman–Crippen LogP) is 2.54. The topological polar surface area (TPSA) is 43.4 Å². The van der Waals surface area contributed by atoms with Gasteiger partial charge in [0, 0.05) is 23.9 Å². The van der Waals surface area contributed by atoms with Gasteiger partial charge in [0.2, 0.25) is 9.05 Å². The van der Waals surface area contributed by atoms with E-state index in [1.165, 1.54) is 0 Å². The van der Waals surface area contributed by atoms with Crippen LogP contribution in [0.25, 0.3) is 0 Å². The van der Waals surface area contributed by atoms with Gasteiger partial charge in [-0.2, -0.15) is 0 Å². The Hall–Kier alpha value is 0.200. The van der Waals surface area contributed by atoms with Crippen LogP contribution in [0, 0.1) is 0 Å². The van der Waals surface area contributed by atoms with Crippen molar-refractivity contribution in [1.29, 1.82) is 0 Å². The lowest BCUT2D eigenvalue weighted by Crippen LogP contribution is -1.98. The zero-order chi connectivity index (χ0) is 10.9. The lowest BCUT2D eigenvalue weighted by Gasteiger charge is -2.01. The van der Waals surface area contributed by atoms with Gasteiger partial charge in [0.1, 0.15) is 0 Å². The van der Waals surface area contributed by atoms with Crippen LogP contribution < -0.4 is 0 Å². The fraction of sp³-hybridized carbons (Fsp3) is 1.00. The zero-order valence-corrected chi connectivity index (χ0v) is 10.2. The summed E-state index contributed by atoms with van der Waals surface area (Å²) < 4.78 is 26.4. The van der Waals surface area contributed by atoms with Crippen LogP contribution in [0.3, 0.4) is 0 Å². The van der Waals surface area contributed by atoms with Gasteiger partial charge >= 0.3 is 0 Å². The van der Waals surface area contributed by atoms with Crippen LogP contribution in [0.2, 0.25) is 0 Å². The van der Waals surface area contributed by atoms with Crippen molar-refractivity contribution in [2.45, 2.75) is 39.0 Å². The molecule has 0 saturated carbocycles. The van der Waals surface area contributed by atoms with Crippen molar-refractivity contribution in [3.05, 3.63) is 0 Å². The SMILES string of the molecule is CCCOCCCCCCS(=O)(=O)Cl. The fourth-order valence-electron chi connectivity index (χ4n) is 1.08. The molecule has 0 fully saturated rings. The third-order valence-electron chi connectivity index (χ3n) is 1.78. The standard InChI is InChI=1S/C9H19ClO3S/c1-2-7-13-8-5-3-4-6-9-14(10,11)12/h2-9H2,1H3. The Kier molecular flexibility index (Phi) is 8.63. The van der Waals surface area contributed by atoms with E-state index < -0.39 is 9.05 Å². The second-order valence-electron chi connectivity index (χ2n) is 3.27. The molecular formula is C9H19ClO3S. The minimum Gasteiger partial charge on any atom is -0.381 e. The first kappa shape index (κ1) is 14.2. The number of halogens is 1. The molecule has 5 heteroatoms. The van der Waals surface area contributed by atoms with Crippen molar-refractivity contribution in [3.63, 3.8) is 0 Å². The third kappa shape index (κ3) is 12.2. The van der Waals surface area contributed by atoms with Crippen LogP contribution >= 0.6 is 10.7 Å². The van der Waals surface area contributed by atoms with E-state index in [1.54, 1.807) is 0 Å². The molecule has 14 heavy (non-hydrogen) atoms. The molecule has 0 saturated heterocycles. The summed E-state index contributed by atoms with van der Waals surface area (Å²) in [5.74, 6) is 0.0877. The van der Waals surface area contributed by atoms with Gasteiger partial charge in [-0.25, -0.2) is 8.42 Å². The molecule has 0 amide bonds. The zero-order valence-electron chi connectivity index (χ0n) is 8.67. The first-order valence-electron chi connectivity index (χ1n) is 5.06. The number of hydrogen-bond acceptors (Lipinski definition) is 3. The molecule has 86 valence electrons. The molecule has 0 spiro atoms. The van der Waals surface area contributed by atoms with Gasteiger partial charge in [-0.15, -0.1) is 0 Å². The Morgan fingerprint density at radius 1 is 1.07 bits per heavy atom. The van der Waals surface area contributed by atoms with Crippen molar-refractivity contribution >= 4 is 19.7 Å². The molecule has 0 heterocycles. The molecule has 0 aliphatic rings. The molecule has 0 radical (unpaired) electrons. The van der Waals surface area contributed by atoms with E-state index in [9.17, 15) is 8.42 Å². The van der Waals surface area contributed by atoms with Gasteiger partial charge in [-0.05, 0) is 19.3 Å². The maximum absolute atomic E-state index is 10.5. The summed E-state index contributed by atoms with van der Waals surface area (Å²) in [6.45, 7) is 3.67. The van der Waals surface area contributed by atoms with Crippen molar-refractivity contribution in [2.75, 3.05) is 19.0 Å². The Morgan fingerprint density at radius 2 is 1.71 bits per heavy atom. The van der Waals surface area contributed by atoms with Crippen LogP contribution in [-0.4, -0.2) is 27.4 Å². The molecule has 0 bridgehead atoms. The largest absolute Gasteiger partial charge is 0.381 e. The van der Waals surface area contributed by atoms with Crippen molar-refractivity contribution in [2.24, 2.45) is 0 Å². The molecule has 0 atom stereocenters. The van der Waals surface area contributed by atoms with Gasteiger partial charge in [-0.3, -0.25) is 0 Å². The van der Waals surface area contributed by atoms with Crippen LogP contribution in [0.4, 0.5) is 0 Å². The summed E-state index contributed by atoms with van der Waals surface area (Å²) in [6.07, 6.45) is 4.62.